The summed E-state index contributed by atoms with van der Waals surface area (Å²) in [4.78, 5) is 19.9. The van der Waals surface area contributed by atoms with Gasteiger partial charge in [-0.05, 0) is 35.3 Å². The number of fused-ring (bicyclic) bond motifs is 4. The average Bonchev–Trinajstić information content (AvgIpc) is 3.52. The molecule has 1 unspecified atom stereocenters. The van der Waals surface area contributed by atoms with Crippen LogP contribution in [0.5, 0.6) is 0 Å². The quantitative estimate of drug-likeness (QED) is 0.190. The number of aromatic nitrogens is 3. The van der Waals surface area contributed by atoms with Gasteiger partial charge in [0.25, 0.3) is 0 Å². The van der Waals surface area contributed by atoms with Crippen molar-refractivity contribution in [3.63, 3.8) is 0 Å². The molecule has 1 aliphatic carbocycles. The maximum atomic E-state index is 5.28. The molecule has 0 fully saturated rings. The number of benzene rings is 5. The van der Waals surface area contributed by atoms with Gasteiger partial charge in [0.05, 0.1) is 15.9 Å². The number of allylic oxidation sites excluding steroid dienone is 2. The topological polar surface area (TPSA) is 51.0 Å². The molecule has 7 aromatic rings. The van der Waals surface area contributed by atoms with Gasteiger partial charge in [0.15, 0.2) is 17.5 Å². The van der Waals surface area contributed by atoms with E-state index in [1.54, 1.807) is 0 Å². The molecule has 48 heavy (non-hydrogen) atoms. The molecule has 9 rings (SSSR count). The van der Waals surface area contributed by atoms with Crippen LogP contribution in [0.1, 0.15) is 12.5 Å². The molecule has 4 nitrogen and oxygen atoms in total. The first-order valence-corrected chi connectivity index (χ1v) is 17.0. The maximum Gasteiger partial charge on any atom is 0.164 e. The second kappa shape index (κ2) is 11.5. The Hall–Kier alpha value is -5.78. The fraction of sp³-hybridized carbons (Fsp3) is 0.0698. The molecule has 0 saturated carbocycles. The zero-order chi connectivity index (χ0) is 32.1. The zero-order valence-electron chi connectivity index (χ0n) is 26.3. The lowest BCUT2D eigenvalue weighted by Gasteiger charge is -2.37. The molecule has 5 aromatic carbocycles. The molecule has 0 saturated heterocycles. The normalized spacial score (nSPS) is 17.9. The first-order valence-electron chi connectivity index (χ1n) is 16.2. The predicted molar refractivity (Wildman–Crippen MR) is 197 cm³/mol. The molecule has 2 aliphatic rings. The maximum absolute atomic E-state index is 5.28. The van der Waals surface area contributed by atoms with Crippen molar-refractivity contribution in [1.29, 1.82) is 0 Å². The smallest absolute Gasteiger partial charge is 0.164 e. The number of hydrogen-bond acceptors (Lipinski definition) is 5. The number of hydrogen-bond donors (Lipinski definition) is 0. The van der Waals surface area contributed by atoms with E-state index in [1.165, 1.54) is 25.8 Å². The van der Waals surface area contributed by atoms with Crippen LogP contribution in [-0.2, 0) is 0 Å². The van der Waals surface area contributed by atoms with Crippen LogP contribution in [0.15, 0.2) is 163 Å². The fourth-order valence-electron chi connectivity index (χ4n) is 6.87. The van der Waals surface area contributed by atoms with Gasteiger partial charge in [-0.1, -0.05) is 152 Å². The van der Waals surface area contributed by atoms with Crippen molar-refractivity contribution in [3.05, 3.63) is 173 Å². The minimum Gasteiger partial charge on any atom is -0.274 e. The van der Waals surface area contributed by atoms with Gasteiger partial charge in [-0.15, -0.1) is 11.3 Å². The van der Waals surface area contributed by atoms with E-state index in [2.05, 4.69) is 104 Å². The minimum atomic E-state index is -0.215. The molecule has 5 heteroatoms. The Morgan fingerprint density at radius 3 is 1.62 bits per heavy atom. The highest BCUT2D eigenvalue weighted by atomic mass is 32.1. The fourth-order valence-corrected chi connectivity index (χ4v) is 8.21. The highest BCUT2D eigenvalue weighted by Gasteiger charge is 2.39. The van der Waals surface area contributed by atoms with E-state index in [1.807, 2.05) is 72.0 Å². The molecule has 1 aliphatic heterocycles. The van der Waals surface area contributed by atoms with Gasteiger partial charge in [-0.2, -0.15) is 0 Å². The third kappa shape index (κ3) is 4.83. The highest BCUT2D eigenvalue weighted by Crippen LogP contribution is 2.43. The summed E-state index contributed by atoms with van der Waals surface area (Å²) in [7, 11) is 0. The number of rotatable bonds is 5. The number of thiophene rings is 1. The van der Waals surface area contributed by atoms with E-state index in [9.17, 15) is 0 Å². The zero-order valence-corrected chi connectivity index (χ0v) is 27.1. The van der Waals surface area contributed by atoms with Gasteiger partial charge >= 0.3 is 0 Å². The molecule has 3 heterocycles. The van der Waals surface area contributed by atoms with E-state index in [4.69, 9.17) is 19.9 Å². The molecule has 0 radical (unpaired) electrons. The summed E-state index contributed by atoms with van der Waals surface area (Å²) in [5.41, 5.74) is 7.53. The van der Waals surface area contributed by atoms with Gasteiger partial charge in [0, 0.05) is 32.2 Å². The lowest BCUT2D eigenvalue weighted by molar-refractivity contribution is 0.483. The Labute approximate surface area is 282 Å². The van der Waals surface area contributed by atoms with Crippen LogP contribution in [0.25, 0.3) is 60.9 Å². The third-order valence-corrected chi connectivity index (χ3v) is 10.6. The lowest BCUT2D eigenvalue weighted by Crippen LogP contribution is -2.43. The van der Waals surface area contributed by atoms with Crippen molar-refractivity contribution in [2.75, 3.05) is 0 Å². The summed E-state index contributed by atoms with van der Waals surface area (Å²) in [6.45, 7) is 2.32. The van der Waals surface area contributed by atoms with Crippen LogP contribution in [0.3, 0.4) is 0 Å². The Morgan fingerprint density at radius 2 is 1.02 bits per heavy atom. The Balaban J connectivity index is 1.09. The van der Waals surface area contributed by atoms with Gasteiger partial charge in [0.1, 0.15) is 0 Å². The van der Waals surface area contributed by atoms with E-state index in [0.29, 0.717) is 17.5 Å². The molecule has 228 valence electrons. The van der Waals surface area contributed by atoms with Crippen molar-refractivity contribution >= 4 is 27.0 Å². The van der Waals surface area contributed by atoms with Crippen LogP contribution in [0, 0.1) is 5.41 Å². The predicted octanol–water partition coefficient (Wildman–Crippen LogP) is 9.09. The molecular formula is C43H30N4S. The monoisotopic (exact) mass is 634 g/mol. The van der Waals surface area contributed by atoms with Crippen LogP contribution in [0.4, 0.5) is 0 Å². The number of nitrogens with zero attached hydrogens (tertiary/aromatic N) is 4. The molecule has 0 spiro atoms. The van der Waals surface area contributed by atoms with Crippen molar-refractivity contribution in [3.8, 4) is 45.3 Å². The van der Waals surface area contributed by atoms with E-state index in [0.717, 1.165) is 33.2 Å². The van der Waals surface area contributed by atoms with Crippen molar-refractivity contribution < 1.29 is 0 Å². The third-order valence-electron chi connectivity index (χ3n) is 9.41. The minimum absolute atomic E-state index is 0.0652. The molecule has 2 atom stereocenters. The van der Waals surface area contributed by atoms with Crippen molar-refractivity contribution in [1.82, 2.24) is 15.0 Å². The first-order chi connectivity index (χ1) is 23.6. The standard InChI is InChI=1S/C43H30N4S/c1-43-27-11-10-18-36(43)44-38-34-16-8-9-17-35(34)48-39(38)37(43)30-23-19-28(20-24-30)29-21-25-33(26-22-29)42-46-40(31-12-4-2-5-13-31)45-41(47-42)32-14-6-3-7-15-32/h2-27,36H,1H3/t36?,43-/m1/s1. The molecule has 0 N–H and O–H groups in total. The van der Waals surface area contributed by atoms with Crippen molar-refractivity contribution in [2.24, 2.45) is 10.4 Å². The van der Waals surface area contributed by atoms with Gasteiger partial charge < -0.3 is 0 Å². The van der Waals surface area contributed by atoms with E-state index >= 15 is 0 Å². The summed E-state index contributed by atoms with van der Waals surface area (Å²) in [6, 6.07) is 46.4. The van der Waals surface area contributed by atoms with Gasteiger partial charge in [-0.25, -0.2) is 15.0 Å². The molecule has 0 bridgehead atoms. The Morgan fingerprint density at radius 1 is 0.521 bits per heavy atom. The Kier molecular flexibility index (Phi) is 6.80. The SMILES string of the molecule is C[C@@]12C=CC=CC1N=c1c(sc3ccccc13)=C2c1ccc(-c2ccc(-c3nc(-c4ccccc4)nc(-c4ccccc4)n3)cc2)cc1. The summed E-state index contributed by atoms with van der Waals surface area (Å²) >= 11 is 1.85. The first kappa shape index (κ1) is 28.4. The summed E-state index contributed by atoms with van der Waals surface area (Å²) in [5, 5.41) is 2.36. The van der Waals surface area contributed by atoms with Crippen LogP contribution >= 0.6 is 11.3 Å². The van der Waals surface area contributed by atoms with E-state index in [-0.39, 0.29) is 11.5 Å². The average molecular weight is 635 g/mol. The van der Waals surface area contributed by atoms with Crippen LogP contribution in [0.2, 0.25) is 0 Å². The largest absolute Gasteiger partial charge is 0.274 e. The summed E-state index contributed by atoms with van der Waals surface area (Å²) in [5.74, 6) is 1.97. The van der Waals surface area contributed by atoms with Crippen LogP contribution < -0.4 is 9.89 Å². The molecule has 2 aromatic heterocycles. The summed E-state index contributed by atoms with van der Waals surface area (Å²) < 4.78 is 2.55. The summed E-state index contributed by atoms with van der Waals surface area (Å²) in [6.07, 6.45) is 8.85. The van der Waals surface area contributed by atoms with Gasteiger partial charge in [-0.3, -0.25) is 4.99 Å². The molecular weight excluding hydrogens is 605 g/mol. The highest BCUT2D eigenvalue weighted by molar-refractivity contribution is 7.17. The second-order valence-corrected chi connectivity index (χ2v) is 13.5. The van der Waals surface area contributed by atoms with Gasteiger partial charge in [0.2, 0.25) is 0 Å². The van der Waals surface area contributed by atoms with Crippen LogP contribution in [-0.4, -0.2) is 21.0 Å². The second-order valence-electron chi connectivity index (χ2n) is 12.4. The molecule has 0 amide bonds. The van der Waals surface area contributed by atoms with Crippen molar-refractivity contribution in [2.45, 2.75) is 13.0 Å². The lowest BCUT2D eigenvalue weighted by atomic mass is 9.70. The Bertz CT molecular complexity index is 2440. The van der Waals surface area contributed by atoms with E-state index < -0.39 is 0 Å².